The van der Waals surface area contributed by atoms with Gasteiger partial charge in [0.25, 0.3) is 0 Å². The predicted molar refractivity (Wildman–Crippen MR) is 199 cm³/mol. The molecule has 1 nitrogen and oxygen atoms in total. The third kappa shape index (κ3) is 3.90. The van der Waals surface area contributed by atoms with Crippen LogP contribution < -0.4 is 0 Å². The Labute approximate surface area is 272 Å². The zero-order valence-corrected chi connectivity index (χ0v) is 25.6. The van der Waals surface area contributed by atoms with Crippen LogP contribution in [0.3, 0.4) is 0 Å². The van der Waals surface area contributed by atoms with Gasteiger partial charge in [0.2, 0.25) is 0 Å². The maximum Gasteiger partial charge on any atom is 0.136 e. The molecule has 1 aromatic heterocycles. The first-order valence-electron chi connectivity index (χ1n) is 16.2. The fourth-order valence-electron chi connectivity index (χ4n) is 7.82. The van der Waals surface area contributed by atoms with Gasteiger partial charge in [-0.3, -0.25) is 0 Å². The lowest BCUT2D eigenvalue weighted by molar-refractivity contribution is 0.669. The van der Waals surface area contributed by atoms with E-state index in [1.54, 1.807) is 0 Å². The molecule has 218 valence electrons. The maximum absolute atomic E-state index is 6.24. The van der Waals surface area contributed by atoms with Crippen LogP contribution in [0.1, 0.15) is 0 Å². The second-order valence-electron chi connectivity index (χ2n) is 12.4. The molecule has 0 N–H and O–H groups in total. The van der Waals surface area contributed by atoms with E-state index in [0.717, 1.165) is 11.2 Å². The van der Waals surface area contributed by atoms with E-state index >= 15 is 0 Å². The highest BCUT2D eigenvalue weighted by Gasteiger charge is 2.20. The van der Waals surface area contributed by atoms with E-state index in [9.17, 15) is 0 Å². The van der Waals surface area contributed by atoms with Crippen molar-refractivity contribution in [2.24, 2.45) is 0 Å². The Kier molecular flexibility index (Phi) is 5.64. The molecule has 0 aliphatic rings. The smallest absolute Gasteiger partial charge is 0.136 e. The minimum atomic E-state index is 0.944. The number of benzene rings is 9. The van der Waals surface area contributed by atoms with Crippen LogP contribution >= 0.6 is 0 Å². The third-order valence-corrected chi connectivity index (χ3v) is 9.86. The average molecular weight is 597 g/mol. The van der Waals surface area contributed by atoms with Crippen LogP contribution in [-0.4, -0.2) is 0 Å². The first kappa shape index (κ1) is 26.1. The Balaban J connectivity index is 1.18. The van der Waals surface area contributed by atoms with E-state index < -0.39 is 0 Å². The second-order valence-corrected chi connectivity index (χ2v) is 12.4. The molecule has 1 heteroatoms. The fraction of sp³-hybridized carbons (Fsp3) is 0. The molecule has 0 bridgehead atoms. The molecule has 0 aliphatic carbocycles. The van der Waals surface area contributed by atoms with E-state index in [0.29, 0.717) is 0 Å². The molecule has 10 aromatic rings. The summed E-state index contributed by atoms with van der Waals surface area (Å²) in [4.78, 5) is 0. The molecule has 0 saturated carbocycles. The first-order valence-corrected chi connectivity index (χ1v) is 16.2. The van der Waals surface area contributed by atoms with Gasteiger partial charge < -0.3 is 4.42 Å². The van der Waals surface area contributed by atoms with Gasteiger partial charge in [0.1, 0.15) is 11.2 Å². The van der Waals surface area contributed by atoms with Gasteiger partial charge in [-0.15, -0.1) is 0 Å². The van der Waals surface area contributed by atoms with E-state index in [-0.39, 0.29) is 0 Å². The van der Waals surface area contributed by atoms with Crippen LogP contribution in [-0.2, 0) is 0 Å². The Morgan fingerprint density at radius 1 is 0.277 bits per heavy atom. The molecule has 1 heterocycles. The average Bonchev–Trinajstić information content (AvgIpc) is 3.53. The molecule has 47 heavy (non-hydrogen) atoms. The lowest BCUT2D eigenvalue weighted by atomic mass is 9.83. The van der Waals surface area contributed by atoms with Gasteiger partial charge in [-0.2, -0.15) is 0 Å². The Morgan fingerprint density at radius 3 is 1.57 bits per heavy atom. The molecule has 9 aromatic carbocycles. The maximum atomic E-state index is 6.24. The van der Waals surface area contributed by atoms with Crippen molar-refractivity contribution in [1.29, 1.82) is 0 Å². The molecule has 0 amide bonds. The summed E-state index contributed by atoms with van der Waals surface area (Å²) in [6, 6.07) is 61.6. The van der Waals surface area contributed by atoms with Gasteiger partial charge in [-0.05, 0) is 89.0 Å². The van der Waals surface area contributed by atoms with Crippen molar-refractivity contribution in [2.45, 2.75) is 0 Å². The van der Waals surface area contributed by atoms with E-state index in [1.165, 1.54) is 87.6 Å². The highest BCUT2D eigenvalue weighted by molar-refractivity contribution is 6.25. The number of hydrogen-bond donors (Lipinski definition) is 0. The zero-order valence-electron chi connectivity index (χ0n) is 25.6. The van der Waals surface area contributed by atoms with Crippen LogP contribution in [0.4, 0.5) is 0 Å². The molecule has 0 saturated heterocycles. The quantitative estimate of drug-likeness (QED) is 0.145. The van der Waals surface area contributed by atoms with Crippen molar-refractivity contribution < 1.29 is 4.42 Å². The number of fused-ring (bicyclic) bond motifs is 2. The molecular weight excluding hydrogens is 569 g/mol. The summed E-state index contributed by atoms with van der Waals surface area (Å²) in [5.41, 5.74) is 11.8. The number of furan rings is 1. The normalized spacial score (nSPS) is 11.8. The highest BCUT2D eigenvalue weighted by atomic mass is 16.3. The van der Waals surface area contributed by atoms with Gasteiger partial charge in [0.15, 0.2) is 0 Å². The Bertz CT molecular complexity index is 2710. The fourth-order valence-corrected chi connectivity index (χ4v) is 7.82. The van der Waals surface area contributed by atoms with Crippen molar-refractivity contribution in [3.63, 3.8) is 0 Å². The van der Waals surface area contributed by atoms with E-state index in [2.05, 4.69) is 170 Å². The number of hydrogen-bond acceptors (Lipinski definition) is 1. The van der Waals surface area contributed by atoms with Crippen LogP contribution in [0.5, 0.6) is 0 Å². The summed E-state index contributed by atoms with van der Waals surface area (Å²) < 4.78 is 6.24. The van der Waals surface area contributed by atoms with Crippen molar-refractivity contribution in [3.8, 4) is 44.5 Å². The summed E-state index contributed by atoms with van der Waals surface area (Å²) in [6.45, 7) is 0. The van der Waals surface area contributed by atoms with Crippen LogP contribution in [0.2, 0.25) is 0 Å². The molecule has 0 radical (unpaired) electrons. The van der Waals surface area contributed by atoms with Crippen molar-refractivity contribution in [2.75, 3.05) is 0 Å². The lowest BCUT2D eigenvalue weighted by Gasteiger charge is -2.20. The largest absolute Gasteiger partial charge is 0.456 e. The second kappa shape index (κ2) is 10.2. The molecule has 0 unspecified atom stereocenters. The van der Waals surface area contributed by atoms with Gasteiger partial charge in [-0.25, -0.2) is 0 Å². The van der Waals surface area contributed by atoms with E-state index in [1.807, 2.05) is 0 Å². The first-order chi connectivity index (χ1) is 23.3. The van der Waals surface area contributed by atoms with Gasteiger partial charge >= 0.3 is 0 Å². The van der Waals surface area contributed by atoms with Crippen molar-refractivity contribution in [1.82, 2.24) is 0 Å². The van der Waals surface area contributed by atoms with Gasteiger partial charge in [-0.1, -0.05) is 158 Å². The standard InChI is InChI=1S/C46H28O/c1-2-11-29(12-3-1)33-14-4-5-15-35(33)45-38-18-8-6-16-36(38)43(37-17-7-9-19-39(37)45)32-23-21-30(22-24-32)34-27-28-42-46-40(34)26-25-31-13-10-20-41(47-42)44(31)46/h1-28H. The van der Waals surface area contributed by atoms with Crippen LogP contribution in [0.25, 0.3) is 98.8 Å². The van der Waals surface area contributed by atoms with Crippen LogP contribution in [0, 0.1) is 0 Å². The highest BCUT2D eigenvalue weighted by Crippen LogP contribution is 2.47. The third-order valence-electron chi connectivity index (χ3n) is 9.86. The topological polar surface area (TPSA) is 13.1 Å². The lowest BCUT2D eigenvalue weighted by Crippen LogP contribution is -1.92. The molecule has 10 rings (SSSR count). The summed E-state index contributed by atoms with van der Waals surface area (Å²) in [7, 11) is 0. The monoisotopic (exact) mass is 596 g/mol. The Hall–Kier alpha value is -6.18. The summed E-state index contributed by atoms with van der Waals surface area (Å²) in [5, 5.41) is 9.91. The summed E-state index contributed by atoms with van der Waals surface area (Å²) in [5.74, 6) is 0. The molecular formula is C46H28O. The molecule has 0 aliphatic heterocycles. The van der Waals surface area contributed by atoms with Crippen molar-refractivity contribution in [3.05, 3.63) is 170 Å². The predicted octanol–water partition coefficient (Wildman–Crippen LogP) is 13.2. The minimum Gasteiger partial charge on any atom is -0.456 e. The summed E-state index contributed by atoms with van der Waals surface area (Å²) in [6.07, 6.45) is 0. The SMILES string of the molecule is c1ccc(-c2ccccc2-c2c3ccccc3c(-c3ccc(-c4ccc5oc6cccc7ccc4c5c76)cc3)c3ccccc23)cc1. The molecule has 0 spiro atoms. The summed E-state index contributed by atoms with van der Waals surface area (Å²) >= 11 is 0. The Morgan fingerprint density at radius 2 is 0.851 bits per heavy atom. The van der Waals surface area contributed by atoms with Crippen molar-refractivity contribution >= 4 is 54.3 Å². The molecule has 0 atom stereocenters. The minimum absolute atomic E-state index is 0.944. The van der Waals surface area contributed by atoms with Crippen LogP contribution in [0.15, 0.2) is 174 Å². The molecule has 0 fully saturated rings. The van der Waals surface area contributed by atoms with E-state index in [4.69, 9.17) is 4.42 Å². The number of rotatable bonds is 4. The van der Waals surface area contributed by atoms with Gasteiger partial charge in [0, 0.05) is 10.8 Å². The van der Waals surface area contributed by atoms with Gasteiger partial charge in [0.05, 0.1) is 0 Å². The zero-order chi connectivity index (χ0) is 30.9.